The number of fused-ring (bicyclic) bond motifs is 1. The molecule has 7 heteroatoms. The van der Waals surface area contributed by atoms with Crippen molar-refractivity contribution >= 4 is 44.9 Å². The van der Waals surface area contributed by atoms with Crippen LogP contribution >= 0.6 is 22.9 Å². The molecule has 0 fully saturated rings. The number of aryl methyl sites for hydroxylation is 2. The highest BCUT2D eigenvalue weighted by atomic mass is 35.5. The normalized spacial score (nSPS) is 11.0. The molecule has 0 spiro atoms. The van der Waals surface area contributed by atoms with E-state index >= 15 is 0 Å². The summed E-state index contributed by atoms with van der Waals surface area (Å²) in [6.45, 7) is 2.01. The Morgan fingerprint density at radius 2 is 1.80 bits per heavy atom. The number of carbonyl (C=O) groups excluding carboxylic acids is 1. The first-order valence-electron chi connectivity index (χ1n) is 9.42. The SMILES string of the molecule is Cc1ccc(-c2ccc(CCC(=O)O)n2NC(=O)c2sc3ccccc3c2Cl)cc1. The molecule has 2 aromatic heterocycles. The summed E-state index contributed by atoms with van der Waals surface area (Å²) in [6.07, 6.45) is 0.262. The lowest BCUT2D eigenvalue weighted by atomic mass is 10.1. The number of hydrogen-bond donors (Lipinski definition) is 2. The average Bonchev–Trinajstić information content (AvgIpc) is 3.28. The summed E-state index contributed by atoms with van der Waals surface area (Å²) >= 11 is 7.80. The van der Waals surface area contributed by atoms with Gasteiger partial charge in [-0.2, -0.15) is 0 Å². The monoisotopic (exact) mass is 438 g/mol. The fraction of sp³-hybridized carbons (Fsp3) is 0.130. The van der Waals surface area contributed by atoms with Crippen molar-refractivity contribution in [3.8, 4) is 11.3 Å². The number of amides is 1. The van der Waals surface area contributed by atoms with Gasteiger partial charge in [0.25, 0.3) is 5.91 Å². The molecule has 0 aliphatic rings. The van der Waals surface area contributed by atoms with Gasteiger partial charge in [-0.15, -0.1) is 11.3 Å². The van der Waals surface area contributed by atoms with Crippen LogP contribution in [-0.2, 0) is 11.2 Å². The first kappa shape index (κ1) is 20.2. The zero-order valence-electron chi connectivity index (χ0n) is 16.2. The van der Waals surface area contributed by atoms with Gasteiger partial charge in [0, 0.05) is 27.8 Å². The minimum Gasteiger partial charge on any atom is -0.481 e. The molecule has 0 aliphatic heterocycles. The standard InChI is InChI=1S/C23H19ClN2O3S/c1-14-6-8-15(9-7-14)18-12-10-16(11-13-20(27)28)26(18)25-23(29)22-21(24)17-4-2-3-5-19(17)30-22/h2-10,12H,11,13H2,1H3,(H,25,29)(H,27,28). The lowest BCUT2D eigenvalue weighted by molar-refractivity contribution is -0.136. The highest BCUT2D eigenvalue weighted by Crippen LogP contribution is 2.35. The van der Waals surface area contributed by atoms with Crippen LogP contribution in [0.2, 0.25) is 5.02 Å². The van der Waals surface area contributed by atoms with Crippen molar-refractivity contribution in [1.82, 2.24) is 4.68 Å². The van der Waals surface area contributed by atoms with E-state index < -0.39 is 5.97 Å². The fourth-order valence-corrected chi connectivity index (χ4v) is 4.71. The van der Waals surface area contributed by atoms with E-state index in [4.69, 9.17) is 16.7 Å². The van der Waals surface area contributed by atoms with Crippen molar-refractivity contribution in [1.29, 1.82) is 0 Å². The van der Waals surface area contributed by atoms with E-state index in [9.17, 15) is 9.59 Å². The van der Waals surface area contributed by atoms with E-state index in [2.05, 4.69) is 5.43 Å². The second-order valence-corrected chi connectivity index (χ2v) is 8.42. The number of nitrogens with one attached hydrogen (secondary N) is 1. The van der Waals surface area contributed by atoms with Crippen LogP contribution in [0.3, 0.4) is 0 Å². The third-order valence-electron chi connectivity index (χ3n) is 4.86. The molecule has 0 bridgehead atoms. The Morgan fingerprint density at radius 3 is 2.50 bits per heavy atom. The van der Waals surface area contributed by atoms with Gasteiger partial charge in [0.05, 0.1) is 17.1 Å². The van der Waals surface area contributed by atoms with Gasteiger partial charge in [0.15, 0.2) is 0 Å². The highest BCUT2D eigenvalue weighted by Gasteiger charge is 2.20. The van der Waals surface area contributed by atoms with Gasteiger partial charge >= 0.3 is 5.97 Å². The summed E-state index contributed by atoms with van der Waals surface area (Å²) < 4.78 is 2.60. The largest absolute Gasteiger partial charge is 0.481 e. The number of aliphatic carboxylic acids is 1. The molecule has 0 aliphatic carbocycles. The van der Waals surface area contributed by atoms with Crippen molar-refractivity contribution < 1.29 is 14.7 Å². The average molecular weight is 439 g/mol. The van der Waals surface area contributed by atoms with Crippen molar-refractivity contribution in [2.75, 3.05) is 5.43 Å². The maximum atomic E-state index is 13.1. The molecule has 2 N–H and O–H groups in total. The lowest BCUT2D eigenvalue weighted by Crippen LogP contribution is -2.25. The molecule has 0 saturated heterocycles. The molecular weight excluding hydrogens is 420 g/mol. The number of benzene rings is 2. The summed E-state index contributed by atoms with van der Waals surface area (Å²) in [4.78, 5) is 24.6. The van der Waals surface area contributed by atoms with Gasteiger partial charge in [0.2, 0.25) is 0 Å². The predicted molar refractivity (Wildman–Crippen MR) is 121 cm³/mol. The molecule has 0 radical (unpaired) electrons. The van der Waals surface area contributed by atoms with Gasteiger partial charge < -0.3 is 5.11 Å². The Balaban J connectivity index is 1.72. The fourth-order valence-electron chi connectivity index (χ4n) is 3.30. The number of thiophene rings is 1. The number of aromatic nitrogens is 1. The summed E-state index contributed by atoms with van der Waals surface area (Å²) in [6, 6.07) is 19.3. The van der Waals surface area contributed by atoms with E-state index in [1.54, 1.807) is 4.68 Å². The van der Waals surface area contributed by atoms with E-state index in [1.165, 1.54) is 11.3 Å². The van der Waals surface area contributed by atoms with Crippen LogP contribution in [0.4, 0.5) is 0 Å². The summed E-state index contributed by atoms with van der Waals surface area (Å²) in [5, 5.41) is 10.3. The van der Waals surface area contributed by atoms with Crippen molar-refractivity contribution in [2.45, 2.75) is 19.8 Å². The van der Waals surface area contributed by atoms with E-state index in [0.29, 0.717) is 22.0 Å². The first-order chi connectivity index (χ1) is 14.4. The zero-order chi connectivity index (χ0) is 21.3. The van der Waals surface area contributed by atoms with E-state index in [0.717, 1.165) is 26.9 Å². The number of hydrogen-bond acceptors (Lipinski definition) is 3. The Kier molecular flexibility index (Phi) is 5.61. The second-order valence-electron chi connectivity index (χ2n) is 6.99. The Hall–Kier alpha value is -3.09. The number of halogens is 1. The molecule has 1 amide bonds. The van der Waals surface area contributed by atoms with Crippen LogP contribution in [0, 0.1) is 6.92 Å². The molecule has 0 unspecified atom stereocenters. The minimum absolute atomic E-state index is 0.0309. The Bertz CT molecular complexity index is 1240. The summed E-state index contributed by atoms with van der Waals surface area (Å²) in [7, 11) is 0. The van der Waals surface area contributed by atoms with Gasteiger partial charge in [-0.25, -0.2) is 0 Å². The maximum absolute atomic E-state index is 13.1. The predicted octanol–water partition coefficient (Wildman–Crippen LogP) is 5.73. The van der Waals surface area contributed by atoms with Crippen LogP contribution in [0.5, 0.6) is 0 Å². The zero-order valence-corrected chi connectivity index (χ0v) is 17.8. The summed E-state index contributed by atoms with van der Waals surface area (Å²) in [5.74, 6) is -1.22. The molecule has 0 saturated carbocycles. The van der Waals surface area contributed by atoms with Crippen LogP contribution in [0.25, 0.3) is 21.3 Å². The van der Waals surface area contributed by atoms with Gasteiger partial charge in [-0.3, -0.25) is 19.7 Å². The number of carboxylic acid groups (broad SMARTS) is 1. The van der Waals surface area contributed by atoms with Crippen molar-refractivity contribution in [3.63, 3.8) is 0 Å². The van der Waals surface area contributed by atoms with Crippen LogP contribution in [0.1, 0.15) is 27.3 Å². The molecule has 5 nitrogen and oxygen atoms in total. The van der Waals surface area contributed by atoms with Gasteiger partial charge in [0.1, 0.15) is 4.88 Å². The second kappa shape index (κ2) is 8.34. The van der Waals surface area contributed by atoms with Gasteiger partial charge in [-0.05, 0) is 25.1 Å². The van der Waals surface area contributed by atoms with E-state index in [-0.39, 0.29) is 12.3 Å². The molecule has 30 heavy (non-hydrogen) atoms. The van der Waals surface area contributed by atoms with Crippen LogP contribution in [-0.4, -0.2) is 21.7 Å². The number of nitrogens with zero attached hydrogens (tertiary/aromatic N) is 1. The van der Waals surface area contributed by atoms with Crippen molar-refractivity contribution in [2.24, 2.45) is 0 Å². The van der Waals surface area contributed by atoms with E-state index in [1.807, 2.05) is 67.6 Å². The molecule has 2 aromatic carbocycles. The van der Waals surface area contributed by atoms with Crippen molar-refractivity contribution in [3.05, 3.63) is 81.8 Å². The molecule has 0 atom stereocenters. The minimum atomic E-state index is -0.890. The first-order valence-corrected chi connectivity index (χ1v) is 10.6. The van der Waals surface area contributed by atoms with Gasteiger partial charge in [-0.1, -0.05) is 59.6 Å². The lowest BCUT2D eigenvalue weighted by Gasteiger charge is -2.15. The quantitative estimate of drug-likeness (QED) is 0.403. The highest BCUT2D eigenvalue weighted by molar-refractivity contribution is 7.21. The molecule has 152 valence electrons. The molecule has 4 rings (SSSR count). The third-order valence-corrected chi connectivity index (χ3v) is 6.53. The number of rotatable bonds is 6. The Labute approximate surface area is 182 Å². The molecular formula is C23H19ClN2O3S. The number of carbonyl (C=O) groups is 2. The molecule has 2 heterocycles. The Morgan fingerprint density at radius 1 is 1.07 bits per heavy atom. The topological polar surface area (TPSA) is 71.3 Å². The van der Waals surface area contributed by atoms with Crippen LogP contribution in [0.15, 0.2) is 60.7 Å². The summed E-state index contributed by atoms with van der Waals surface area (Å²) in [5.41, 5.74) is 6.46. The smallest absolute Gasteiger partial charge is 0.303 e. The van der Waals surface area contributed by atoms with Crippen LogP contribution < -0.4 is 5.43 Å². The molecule has 4 aromatic rings. The number of carboxylic acids is 1. The maximum Gasteiger partial charge on any atom is 0.303 e. The third kappa shape index (κ3) is 3.97.